The average Bonchev–Trinajstić information content (AvgIpc) is 2.79. The molecule has 0 saturated carbocycles. The van der Waals surface area contributed by atoms with Gasteiger partial charge in [-0.1, -0.05) is 18.6 Å². The quantitative estimate of drug-likeness (QED) is 0.735. The van der Waals surface area contributed by atoms with Crippen molar-refractivity contribution in [3.8, 4) is 17.2 Å². The van der Waals surface area contributed by atoms with Crippen LogP contribution < -0.4 is 19.5 Å². The molecule has 0 aliphatic carbocycles. The SMILES string of the molecule is COc1ccc(C(CNC(=O)c2ccc(OC)cc2OC)N2CCCCC2)cc1. The van der Waals surface area contributed by atoms with E-state index in [1.165, 1.54) is 24.8 Å². The standard InChI is InChI=1S/C23H30N2O4/c1-27-18-9-7-17(8-10-18)21(25-13-5-4-6-14-25)16-24-23(26)20-12-11-19(28-2)15-22(20)29-3/h7-12,15,21H,4-6,13-14,16H2,1-3H3,(H,24,26). The second kappa shape index (κ2) is 10.2. The van der Waals surface area contributed by atoms with Crippen molar-refractivity contribution < 1.29 is 19.0 Å². The molecule has 29 heavy (non-hydrogen) atoms. The highest BCUT2D eigenvalue weighted by atomic mass is 16.5. The number of piperidine rings is 1. The first-order chi connectivity index (χ1) is 14.2. The number of nitrogens with zero attached hydrogens (tertiary/aromatic N) is 1. The summed E-state index contributed by atoms with van der Waals surface area (Å²) in [5, 5.41) is 3.10. The van der Waals surface area contributed by atoms with Gasteiger partial charge in [0, 0.05) is 12.6 Å². The maximum Gasteiger partial charge on any atom is 0.255 e. The molecule has 2 aromatic carbocycles. The molecule has 1 aliphatic heterocycles. The van der Waals surface area contributed by atoms with Crippen LogP contribution >= 0.6 is 0 Å². The van der Waals surface area contributed by atoms with Gasteiger partial charge in [0.05, 0.1) is 32.9 Å². The minimum absolute atomic E-state index is 0.120. The predicted octanol–water partition coefficient (Wildman–Crippen LogP) is 3.67. The number of hydrogen-bond acceptors (Lipinski definition) is 5. The van der Waals surface area contributed by atoms with Crippen LogP contribution in [-0.2, 0) is 0 Å². The van der Waals surface area contributed by atoms with Crippen molar-refractivity contribution in [2.24, 2.45) is 0 Å². The monoisotopic (exact) mass is 398 g/mol. The molecule has 2 aromatic rings. The first kappa shape index (κ1) is 21.0. The summed E-state index contributed by atoms with van der Waals surface area (Å²) in [6.07, 6.45) is 3.64. The fourth-order valence-electron chi connectivity index (χ4n) is 3.78. The molecule has 6 heteroatoms. The third-order valence-electron chi connectivity index (χ3n) is 5.44. The van der Waals surface area contributed by atoms with Crippen molar-refractivity contribution in [3.05, 3.63) is 53.6 Å². The van der Waals surface area contributed by atoms with Gasteiger partial charge in [0.2, 0.25) is 0 Å². The lowest BCUT2D eigenvalue weighted by Gasteiger charge is -2.35. The highest BCUT2D eigenvalue weighted by molar-refractivity contribution is 5.97. The van der Waals surface area contributed by atoms with Gasteiger partial charge in [-0.2, -0.15) is 0 Å². The second-order valence-corrected chi connectivity index (χ2v) is 7.16. The van der Waals surface area contributed by atoms with E-state index in [0.29, 0.717) is 23.6 Å². The van der Waals surface area contributed by atoms with Crippen LogP contribution in [0.1, 0.15) is 41.2 Å². The van der Waals surface area contributed by atoms with Crippen molar-refractivity contribution in [1.29, 1.82) is 0 Å². The lowest BCUT2D eigenvalue weighted by Crippen LogP contribution is -2.40. The van der Waals surface area contributed by atoms with E-state index in [0.717, 1.165) is 18.8 Å². The Morgan fingerprint density at radius 2 is 1.59 bits per heavy atom. The molecule has 1 saturated heterocycles. The normalized spacial score (nSPS) is 15.4. The Kier molecular flexibility index (Phi) is 7.36. The summed E-state index contributed by atoms with van der Waals surface area (Å²) in [6.45, 7) is 2.61. The van der Waals surface area contributed by atoms with Crippen molar-refractivity contribution in [2.45, 2.75) is 25.3 Å². The molecular weight excluding hydrogens is 368 g/mol. The number of amides is 1. The topological polar surface area (TPSA) is 60.0 Å². The van der Waals surface area contributed by atoms with Crippen LogP contribution in [0.25, 0.3) is 0 Å². The van der Waals surface area contributed by atoms with E-state index < -0.39 is 0 Å². The number of likely N-dealkylation sites (tertiary alicyclic amines) is 1. The molecule has 1 aliphatic rings. The predicted molar refractivity (Wildman–Crippen MR) is 113 cm³/mol. The summed E-state index contributed by atoms with van der Waals surface area (Å²) < 4.78 is 15.9. The van der Waals surface area contributed by atoms with Gasteiger partial charge < -0.3 is 19.5 Å². The van der Waals surface area contributed by atoms with Gasteiger partial charge in [-0.3, -0.25) is 9.69 Å². The molecule has 1 amide bonds. The van der Waals surface area contributed by atoms with Crippen molar-refractivity contribution in [3.63, 3.8) is 0 Å². The van der Waals surface area contributed by atoms with E-state index in [-0.39, 0.29) is 11.9 Å². The lowest BCUT2D eigenvalue weighted by atomic mass is 10.0. The van der Waals surface area contributed by atoms with Gasteiger partial charge in [0.25, 0.3) is 5.91 Å². The lowest BCUT2D eigenvalue weighted by molar-refractivity contribution is 0.0921. The third-order valence-corrected chi connectivity index (χ3v) is 5.44. The first-order valence-electron chi connectivity index (χ1n) is 10.0. The molecule has 6 nitrogen and oxygen atoms in total. The first-order valence-corrected chi connectivity index (χ1v) is 10.0. The number of methoxy groups -OCH3 is 3. The van der Waals surface area contributed by atoms with E-state index in [4.69, 9.17) is 14.2 Å². The zero-order chi connectivity index (χ0) is 20.6. The minimum atomic E-state index is -0.153. The Labute approximate surface area is 172 Å². The van der Waals surface area contributed by atoms with Crippen LogP contribution in [0.15, 0.2) is 42.5 Å². The van der Waals surface area contributed by atoms with Gasteiger partial charge in [0.15, 0.2) is 0 Å². The van der Waals surface area contributed by atoms with Gasteiger partial charge in [-0.05, 0) is 55.8 Å². The molecular formula is C23H30N2O4. The van der Waals surface area contributed by atoms with Crippen LogP contribution in [0.2, 0.25) is 0 Å². The van der Waals surface area contributed by atoms with Gasteiger partial charge in [0.1, 0.15) is 17.2 Å². The maximum absolute atomic E-state index is 12.9. The molecule has 1 N–H and O–H groups in total. The maximum atomic E-state index is 12.9. The highest BCUT2D eigenvalue weighted by Crippen LogP contribution is 2.27. The van der Waals surface area contributed by atoms with Gasteiger partial charge in [-0.25, -0.2) is 0 Å². The van der Waals surface area contributed by atoms with Crippen LogP contribution in [0.5, 0.6) is 17.2 Å². The molecule has 0 bridgehead atoms. The van der Waals surface area contributed by atoms with Gasteiger partial charge >= 0.3 is 0 Å². The zero-order valence-corrected chi connectivity index (χ0v) is 17.4. The molecule has 1 fully saturated rings. The summed E-state index contributed by atoms with van der Waals surface area (Å²) in [5.41, 5.74) is 1.68. The number of carbonyl (C=O) groups is 1. The zero-order valence-electron chi connectivity index (χ0n) is 17.4. The summed E-state index contributed by atoms with van der Waals surface area (Å²) in [7, 11) is 4.81. The number of benzene rings is 2. The number of nitrogens with one attached hydrogen (secondary N) is 1. The fraction of sp³-hybridized carbons (Fsp3) is 0.435. The molecule has 156 valence electrons. The smallest absolute Gasteiger partial charge is 0.255 e. The molecule has 0 aromatic heterocycles. The average molecular weight is 399 g/mol. The minimum Gasteiger partial charge on any atom is -0.497 e. The molecule has 3 rings (SSSR count). The van der Waals surface area contributed by atoms with Crippen LogP contribution in [0.3, 0.4) is 0 Å². The van der Waals surface area contributed by atoms with Crippen LogP contribution in [0.4, 0.5) is 0 Å². The van der Waals surface area contributed by atoms with Gasteiger partial charge in [-0.15, -0.1) is 0 Å². The van der Waals surface area contributed by atoms with Crippen LogP contribution in [0, 0.1) is 0 Å². The Balaban J connectivity index is 1.76. The number of rotatable bonds is 8. The fourth-order valence-corrected chi connectivity index (χ4v) is 3.78. The van der Waals surface area contributed by atoms with Crippen molar-refractivity contribution in [1.82, 2.24) is 10.2 Å². The molecule has 1 heterocycles. The summed E-state index contributed by atoms with van der Waals surface area (Å²) in [6, 6.07) is 13.5. The number of hydrogen-bond donors (Lipinski definition) is 1. The van der Waals surface area contributed by atoms with E-state index >= 15 is 0 Å². The summed E-state index contributed by atoms with van der Waals surface area (Å²) in [5.74, 6) is 1.84. The Morgan fingerprint density at radius 3 is 2.21 bits per heavy atom. The van der Waals surface area contributed by atoms with Crippen LogP contribution in [-0.4, -0.2) is 51.8 Å². The molecule has 0 radical (unpaired) electrons. The van der Waals surface area contributed by atoms with Crippen molar-refractivity contribution >= 4 is 5.91 Å². The third kappa shape index (κ3) is 5.21. The highest BCUT2D eigenvalue weighted by Gasteiger charge is 2.24. The summed E-state index contributed by atoms with van der Waals surface area (Å²) >= 11 is 0. The molecule has 1 unspecified atom stereocenters. The van der Waals surface area contributed by atoms with E-state index in [1.807, 2.05) is 12.1 Å². The molecule has 1 atom stereocenters. The Hall–Kier alpha value is -2.73. The van der Waals surface area contributed by atoms with E-state index in [1.54, 1.807) is 39.5 Å². The second-order valence-electron chi connectivity index (χ2n) is 7.16. The molecule has 0 spiro atoms. The Bertz CT molecular complexity index is 801. The van der Waals surface area contributed by atoms with E-state index in [9.17, 15) is 4.79 Å². The largest absolute Gasteiger partial charge is 0.497 e. The Morgan fingerprint density at radius 1 is 0.931 bits per heavy atom. The van der Waals surface area contributed by atoms with E-state index in [2.05, 4.69) is 22.3 Å². The number of carbonyl (C=O) groups excluding carboxylic acids is 1. The number of ether oxygens (including phenoxy) is 3. The summed E-state index contributed by atoms with van der Waals surface area (Å²) in [4.78, 5) is 15.3. The van der Waals surface area contributed by atoms with Crippen molar-refractivity contribution in [2.75, 3.05) is 41.0 Å².